The molecule has 0 atom stereocenters. The van der Waals surface area contributed by atoms with Gasteiger partial charge in [0.2, 0.25) is 10.0 Å². The molecule has 0 spiro atoms. The lowest BCUT2D eigenvalue weighted by Gasteiger charge is -2.15. The highest BCUT2D eigenvalue weighted by Crippen LogP contribution is 2.26. The Balaban J connectivity index is 2.43. The Labute approximate surface area is 119 Å². The zero-order chi connectivity index (χ0) is 14.9. The van der Waals surface area contributed by atoms with E-state index in [0.717, 1.165) is 12.8 Å². The van der Waals surface area contributed by atoms with Gasteiger partial charge >= 0.3 is 5.97 Å². The third-order valence-electron chi connectivity index (χ3n) is 3.66. The van der Waals surface area contributed by atoms with Crippen LogP contribution in [0.1, 0.15) is 35.9 Å². The van der Waals surface area contributed by atoms with E-state index in [4.69, 9.17) is 4.74 Å². The summed E-state index contributed by atoms with van der Waals surface area (Å²) in [7, 11) is -1.84. The third-order valence-corrected chi connectivity index (χ3v) is 5.67. The van der Waals surface area contributed by atoms with Crippen molar-refractivity contribution in [3.8, 4) is 0 Å². The predicted octanol–water partition coefficient (Wildman–Crippen LogP) is 1.29. The van der Waals surface area contributed by atoms with Crippen molar-refractivity contribution in [3.63, 3.8) is 0 Å². The molecule has 1 aromatic heterocycles. The molecule has 1 fully saturated rings. The van der Waals surface area contributed by atoms with Gasteiger partial charge in [-0.15, -0.1) is 0 Å². The SMILES string of the molecule is CCOC(=O)c1cc(S(=O)(=O)N2CCCC2)c(C)n1C. The summed E-state index contributed by atoms with van der Waals surface area (Å²) >= 11 is 0. The van der Waals surface area contributed by atoms with Crippen molar-refractivity contribution in [2.24, 2.45) is 7.05 Å². The average molecular weight is 300 g/mol. The van der Waals surface area contributed by atoms with Gasteiger partial charge in [-0.25, -0.2) is 13.2 Å². The van der Waals surface area contributed by atoms with E-state index in [2.05, 4.69) is 0 Å². The van der Waals surface area contributed by atoms with Crippen molar-refractivity contribution in [1.82, 2.24) is 8.87 Å². The lowest BCUT2D eigenvalue weighted by Crippen LogP contribution is -2.28. The zero-order valence-electron chi connectivity index (χ0n) is 12.0. The van der Waals surface area contributed by atoms with Crippen molar-refractivity contribution in [2.45, 2.75) is 31.6 Å². The second-order valence-electron chi connectivity index (χ2n) is 4.87. The minimum absolute atomic E-state index is 0.199. The maximum absolute atomic E-state index is 12.6. The molecule has 0 saturated carbocycles. The molecule has 1 aromatic rings. The molecule has 1 aliphatic heterocycles. The molecule has 6 nitrogen and oxygen atoms in total. The van der Waals surface area contributed by atoms with Crippen LogP contribution in [0.15, 0.2) is 11.0 Å². The van der Waals surface area contributed by atoms with Gasteiger partial charge in [-0.1, -0.05) is 0 Å². The molecule has 1 aliphatic rings. The Bertz CT molecular complexity index is 613. The summed E-state index contributed by atoms with van der Waals surface area (Å²) in [6.07, 6.45) is 1.77. The Kier molecular flexibility index (Phi) is 4.19. The number of sulfonamides is 1. The maximum Gasteiger partial charge on any atom is 0.354 e. The number of carbonyl (C=O) groups excluding carboxylic acids is 1. The minimum atomic E-state index is -3.51. The monoisotopic (exact) mass is 300 g/mol. The summed E-state index contributed by atoms with van der Waals surface area (Å²) in [5, 5.41) is 0. The number of nitrogens with zero attached hydrogens (tertiary/aromatic N) is 2. The van der Waals surface area contributed by atoms with Crippen LogP contribution in [0.2, 0.25) is 0 Å². The summed E-state index contributed by atoms with van der Waals surface area (Å²) in [6.45, 7) is 4.77. The molecule has 0 aliphatic carbocycles. The van der Waals surface area contributed by atoms with Crippen LogP contribution in [-0.4, -0.2) is 43.0 Å². The standard InChI is InChI=1S/C13H20N2O4S/c1-4-19-13(16)11-9-12(10(2)14(11)3)20(17,18)15-7-5-6-8-15/h9H,4-8H2,1-3H3. The molecule has 0 bridgehead atoms. The van der Waals surface area contributed by atoms with E-state index >= 15 is 0 Å². The van der Waals surface area contributed by atoms with Gasteiger partial charge in [0.15, 0.2) is 0 Å². The molecule has 7 heteroatoms. The quantitative estimate of drug-likeness (QED) is 0.786. The average Bonchev–Trinajstić information content (AvgIpc) is 3.00. The number of hydrogen-bond donors (Lipinski definition) is 0. The molecule has 20 heavy (non-hydrogen) atoms. The maximum atomic E-state index is 12.6. The van der Waals surface area contributed by atoms with Crippen molar-refractivity contribution < 1.29 is 17.9 Å². The fourth-order valence-corrected chi connectivity index (χ4v) is 4.19. The first-order valence-corrected chi connectivity index (χ1v) is 8.17. The van der Waals surface area contributed by atoms with Crippen molar-refractivity contribution in [3.05, 3.63) is 17.5 Å². The second kappa shape index (κ2) is 5.57. The summed E-state index contributed by atoms with van der Waals surface area (Å²) in [5.41, 5.74) is 0.821. The van der Waals surface area contributed by atoms with Crippen molar-refractivity contribution in [2.75, 3.05) is 19.7 Å². The molecule has 2 heterocycles. The Morgan fingerprint density at radius 1 is 1.35 bits per heavy atom. The van der Waals surface area contributed by atoms with Gasteiger partial charge in [0.25, 0.3) is 0 Å². The van der Waals surface area contributed by atoms with Gasteiger partial charge in [0.05, 0.1) is 6.61 Å². The molecule has 0 amide bonds. The molecule has 112 valence electrons. The minimum Gasteiger partial charge on any atom is -0.461 e. The van der Waals surface area contributed by atoms with Crippen molar-refractivity contribution >= 4 is 16.0 Å². The molecule has 0 aromatic carbocycles. The van der Waals surface area contributed by atoms with E-state index in [0.29, 0.717) is 18.8 Å². The number of esters is 1. The summed E-state index contributed by atoms with van der Waals surface area (Å²) in [4.78, 5) is 12.0. The molecule has 0 unspecified atom stereocenters. The number of aromatic nitrogens is 1. The first-order chi connectivity index (χ1) is 9.39. The molecule has 0 N–H and O–H groups in total. The highest BCUT2D eigenvalue weighted by Gasteiger charge is 2.31. The number of hydrogen-bond acceptors (Lipinski definition) is 4. The smallest absolute Gasteiger partial charge is 0.354 e. The number of rotatable bonds is 4. The molecule has 1 saturated heterocycles. The number of ether oxygens (including phenoxy) is 1. The van der Waals surface area contributed by atoms with Crippen LogP contribution in [0.25, 0.3) is 0 Å². The highest BCUT2D eigenvalue weighted by molar-refractivity contribution is 7.89. The summed E-state index contributed by atoms with van der Waals surface area (Å²) in [6, 6.07) is 1.42. The molecule has 0 radical (unpaired) electrons. The predicted molar refractivity (Wildman–Crippen MR) is 74.1 cm³/mol. The fraction of sp³-hybridized carbons (Fsp3) is 0.615. The first-order valence-electron chi connectivity index (χ1n) is 6.73. The van der Waals surface area contributed by atoms with E-state index in [1.807, 2.05) is 0 Å². The van der Waals surface area contributed by atoms with Gasteiger partial charge in [-0.3, -0.25) is 0 Å². The molecule has 2 rings (SSSR count). The lowest BCUT2D eigenvalue weighted by molar-refractivity contribution is 0.0515. The zero-order valence-corrected chi connectivity index (χ0v) is 12.9. The summed E-state index contributed by atoms with van der Waals surface area (Å²) in [5.74, 6) is -0.499. The molecular formula is C13H20N2O4S. The topological polar surface area (TPSA) is 68.6 Å². The van der Waals surface area contributed by atoms with E-state index in [9.17, 15) is 13.2 Å². The van der Waals surface area contributed by atoms with Gasteiger partial charge in [-0.2, -0.15) is 4.31 Å². The largest absolute Gasteiger partial charge is 0.461 e. The van der Waals surface area contributed by atoms with Crippen LogP contribution in [0.3, 0.4) is 0 Å². The fourth-order valence-electron chi connectivity index (χ4n) is 2.40. The van der Waals surface area contributed by atoms with Crippen LogP contribution >= 0.6 is 0 Å². The van der Waals surface area contributed by atoms with E-state index in [1.54, 1.807) is 25.5 Å². The van der Waals surface area contributed by atoms with Crippen LogP contribution in [-0.2, 0) is 21.8 Å². The van der Waals surface area contributed by atoms with Crippen LogP contribution in [0, 0.1) is 6.92 Å². The van der Waals surface area contributed by atoms with E-state index in [1.165, 1.54) is 10.4 Å². The Hall–Kier alpha value is -1.34. The third kappa shape index (κ3) is 2.47. The van der Waals surface area contributed by atoms with Crippen LogP contribution in [0.4, 0.5) is 0 Å². The van der Waals surface area contributed by atoms with Gasteiger partial charge < -0.3 is 9.30 Å². The van der Waals surface area contributed by atoms with E-state index in [-0.39, 0.29) is 17.2 Å². The number of carbonyl (C=O) groups is 1. The molecular weight excluding hydrogens is 280 g/mol. The van der Waals surface area contributed by atoms with Gasteiger partial charge in [0, 0.05) is 25.8 Å². The van der Waals surface area contributed by atoms with Gasteiger partial charge in [-0.05, 0) is 32.8 Å². The Morgan fingerprint density at radius 2 is 1.95 bits per heavy atom. The Morgan fingerprint density at radius 3 is 2.50 bits per heavy atom. The second-order valence-corrected chi connectivity index (χ2v) is 6.78. The lowest BCUT2D eigenvalue weighted by atomic mass is 10.4. The normalized spacial score (nSPS) is 16.6. The van der Waals surface area contributed by atoms with Crippen molar-refractivity contribution in [1.29, 1.82) is 0 Å². The highest BCUT2D eigenvalue weighted by atomic mass is 32.2. The van der Waals surface area contributed by atoms with Crippen LogP contribution in [0.5, 0.6) is 0 Å². The first kappa shape index (κ1) is 15.1. The summed E-state index contributed by atoms with van der Waals surface area (Å²) < 4.78 is 33.1. The van der Waals surface area contributed by atoms with E-state index < -0.39 is 16.0 Å². The van der Waals surface area contributed by atoms with Gasteiger partial charge in [0.1, 0.15) is 10.6 Å². The van der Waals surface area contributed by atoms with Crippen LogP contribution < -0.4 is 0 Å².